The highest BCUT2D eigenvalue weighted by Crippen LogP contribution is 2.30. The summed E-state index contributed by atoms with van der Waals surface area (Å²) in [5.74, 6) is 1.68. The number of benzene rings is 2. The molecule has 25 heavy (non-hydrogen) atoms. The Bertz CT molecular complexity index is 710. The Morgan fingerprint density at radius 3 is 2.20 bits per heavy atom. The minimum atomic E-state index is -0.241. The molecule has 0 saturated heterocycles. The number of ether oxygens (including phenoxy) is 2. The molecule has 136 valence electrons. The summed E-state index contributed by atoms with van der Waals surface area (Å²) in [6, 6.07) is 12.3. The number of hydrogen-bond donors (Lipinski definition) is 2. The van der Waals surface area contributed by atoms with Crippen LogP contribution in [0.1, 0.15) is 11.1 Å². The maximum atomic E-state index is 13.6. The summed E-state index contributed by atoms with van der Waals surface area (Å²) in [5.41, 5.74) is 1.52. The second-order valence-electron chi connectivity index (χ2n) is 5.02. The molecule has 0 heterocycles. The van der Waals surface area contributed by atoms with Crippen LogP contribution in [0, 0.1) is 5.82 Å². The molecule has 0 bridgehead atoms. The number of aliphatic imine (C=N–C) groups is 1. The van der Waals surface area contributed by atoms with Crippen LogP contribution in [0.15, 0.2) is 47.5 Å². The van der Waals surface area contributed by atoms with Gasteiger partial charge >= 0.3 is 0 Å². The molecule has 0 aliphatic rings. The van der Waals surface area contributed by atoms with Crippen molar-refractivity contribution in [1.82, 2.24) is 10.6 Å². The number of nitrogens with one attached hydrogen (secondary N) is 2. The first-order valence-corrected chi connectivity index (χ1v) is 7.57. The molecular weight excluding hydrogens is 436 g/mol. The average Bonchev–Trinajstić information content (AvgIpc) is 2.62. The molecule has 0 saturated carbocycles. The third-order valence-electron chi connectivity index (χ3n) is 3.56. The SMILES string of the molecule is CN=C(NCc1ccccc1F)NCc1cccc(OC)c1OC.I. The Hall–Kier alpha value is -2.03. The van der Waals surface area contributed by atoms with Crippen LogP contribution in [0.4, 0.5) is 4.39 Å². The van der Waals surface area contributed by atoms with E-state index >= 15 is 0 Å². The van der Waals surface area contributed by atoms with E-state index in [1.807, 2.05) is 18.2 Å². The second kappa shape index (κ2) is 10.8. The van der Waals surface area contributed by atoms with Gasteiger partial charge in [-0.2, -0.15) is 0 Å². The molecule has 2 aromatic rings. The van der Waals surface area contributed by atoms with Crippen LogP contribution in [0.25, 0.3) is 0 Å². The fourth-order valence-corrected chi connectivity index (χ4v) is 2.31. The van der Waals surface area contributed by atoms with Gasteiger partial charge in [-0.15, -0.1) is 24.0 Å². The van der Waals surface area contributed by atoms with Crippen LogP contribution >= 0.6 is 24.0 Å². The minimum Gasteiger partial charge on any atom is -0.493 e. The first-order valence-electron chi connectivity index (χ1n) is 7.57. The highest BCUT2D eigenvalue weighted by atomic mass is 127. The summed E-state index contributed by atoms with van der Waals surface area (Å²) in [6.07, 6.45) is 0. The maximum absolute atomic E-state index is 13.6. The Labute approximate surface area is 164 Å². The van der Waals surface area contributed by atoms with Crippen molar-refractivity contribution in [3.05, 3.63) is 59.4 Å². The van der Waals surface area contributed by atoms with E-state index in [0.717, 1.165) is 5.56 Å². The summed E-state index contributed by atoms with van der Waals surface area (Å²) in [4.78, 5) is 4.15. The molecule has 0 radical (unpaired) electrons. The fraction of sp³-hybridized carbons (Fsp3) is 0.278. The first kappa shape index (κ1) is 21.0. The number of para-hydroxylation sites is 1. The quantitative estimate of drug-likeness (QED) is 0.396. The van der Waals surface area contributed by atoms with E-state index in [0.29, 0.717) is 36.1 Å². The average molecular weight is 459 g/mol. The zero-order valence-electron chi connectivity index (χ0n) is 14.5. The van der Waals surface area contributed by atoms with Gasteiger partial charge in [-0.1, -0.05) is 30.3 Å². The Balaban J connectivity index is 0.00000312. The minimum absolute atomic E-state index is 0. The van der Waals surface area contributed by atoms with Gasteiger partial charge in [-0.05, 0) is 12.1 Å². The van der Waals surface area contributed by atoms with Crippen LogP contribution in [-0.2, 0) is 13.1 Å². The van der Waals surface area contributed by atoms with Crippen LogP contribution in [0.3, 0.4) is 0 Å². The highest BCUT2D eigenvalue weighted by molar-refractivity contribution is 14.0. The Morgan fingerprint density at radius 2 is 1.60 bits per heavy atom. The predicted molar refractivity (Wildman–Crippen MR) is 108 cm³/mol. The summed E-state index contributed by atoms with van der Waals surface area (Å²) >= 11 is 0. The van der Waals surface area contributed by atoms with Crippen LogP contribution in [-0.4, -0.2) is 27.2 Å². The van der Waals surface area contributed by atoms with Gasteiger partial charge in [-0.3, -0.25) is 4.99 Å². The smallest absolute Gasteiger partial charge is 0.191 e. The van der Waals surface area contributed by atoms with Crippen molar-refractivity contribution in [3.8, 4) is 11.5 Å². The summed E-state index contributed by atoms with van der Waals surface area (Å²) < 4.78 is 24.3. The largest absolute Gasteiger partial charge is 0.493 e. The standard InChI is InChI=1S/C18H22FN3O2.HI/c1-20-18(21-11-13-7-4-5-9-15(13)19)22-12-14-8-6-10-16(23-2)17(14)24-3;/h4-10H,11-12H2,1-3H3,(H2,20,21,22);1H. The molecule has 0 amide bonds. The number of methoxy groups -OCH3 is 2. The molecule has 2 rings (SSSR count). The summed E-state index contributed by atoms with van der Waals surface area (Å²) in [7, 11) is 4.87. The summed E-state index contributed by atoms with van der Waals surface area (Å²) in [5, 5.41) is 6.27. The molecular formula is C18H23FIN3O2. The van der Waals surface area contributed by atoms with Gasteiger partial charge in [0, 0.05) is 31.3 Å². The van der Waals surface area contributed by atoms with E-state index in [1.54, 1.807) is 39.5 Å². The lowest BCUT2D eigenvalue weighted by atomic mass is 10.2. The highest BCUT2D eigenvalue weighted by Gasteiger charge is 2.10. The van der Waals surface area contributed by atoms with Crippen LogP contribution in [0.5, 0.6) is 11.5 Å². The van der Waals surface area contributed by atoms with Gasteiger partial charge in [0.25, 0.3) is 0 Å². The fourth-order valence-electron chi connectivity index (χ4n) is 2.31. The van der Waals surface area contributed by atoms with Gasteiger partial charge in [0.15, 0.2) is 17.5 Å². The third kappa shape index (κ3) is 5.77. The van der Waals surface area contributed by atoms with Gasteiger partial charge in [0.1, 0.15) is 5.82 Å². The molecule has 0 aliphatic heterocycles. The molecule has 0 atom stereocenters. The number of rotatable bonds is 6. The first-order chi connectivity index (χ1) is 11.7. The van der Waals surface area contributed by atoms with Crippen molar-refractivity contribution >= 4 is 29.9 Å². The lowest BCUT2D eigenvalue weighted by Crippen LogP contribution is -2.36. The van der Waals surface area contributed by atoms with Crippen LogP contribution < -0.4 is 20.1 Å². The van der Waals surface area contributed by atoms with Crippen molar-refractivity contribution in [1.29, 1.82) is 0 Å². The topological polar surface area (TPSA) is 54.9 Å². The van der Waals surface area contributed by atoms with E-state index in [2.05, 4.69) is 15.6 Å². The number of nitrogens with zero attached hydrogens (tertiary/aromatic N) is 1. The van der Waals surface area contributed by atoms with E-state index in [9.17, 15) is 4.39 Å². The van der Waals surface area contributed by atoms with E-state index in [1.165, 1.54) is 6.07 Å². The lowest BCUT2D eigenvalue weighted by Gasteiger charge is -2.15. The number of guanidine groups is 1. The number of hydrogen-bond acceptors (Lipinski definition) is 3. The Kier molecular flexibility index (Phi) is 9.04. The summed E-state index contributed by atoms with van der Waals surface area (Å²) in [6.45, 7) is 0.846. The maximum Gasteiger partial charge on any atom is 0.191 e. The molecule has 2 aromatic carbocycles. The third-order valence-corrected chi connectivity index (χ3v) is 3.56. The molecule has 0 spiro atoms. The molecule has 0 aliphatic carbocycles. The lowest BCUT2D eigenvalue weighted by molar-refractivity contribution is 0.351. The van der Waals surface area contributed by atoms with Gasteiger partial charge in [0.2, 0.25) is 0 Å². The molecule has 0 fully saturated rings. The predicted octanol–water partition coefficient (Wildman–Crippen LogP) is 3.33. The molecule has 2 N–H and O–H groups in total. The van der Waals surface area contributed by atoms with Crippen molar-refractivity contribution in [3.63, 3.8) is 0 Å². The van der Waals surface area contributed by atoms with Crippen molar-refractivity contribution in [2.24, 2.45) is 4.99 Å². The zero-order valence-corrected chi connectivity index (χ0v) is 16.8. The normalized spacial score (nSPS) is 10.6. The van der Waals surface area contributed by atoms with Gasteiger partial charge < -0.3 is 20.1 Å². The molecule has 0 unspecified atom stereocenters. The van der Waals surface area contributed by atoms with Crippen molar-refractivity contribution in [2.75, 3.05) is 21.3 Å². The van der Waals surface area contributed by atoms with E-state index < -0.39 is 0 Å². The van der Waals surface area contributed by atoms with E-state index in [-0.39, 0.29) is 29.8 Å². The van der Waals surface area contributed by atoms with Gasteiger partial charge in [0.05, 0.1) is 14.2 Å². The van der Waals surface area contributed by atoms with Crippen LogP contribution in [0.2, 0.25) is 0 Å². The van der Waals surface area contributed by atoms with Crippen molar-refractivity contribution in [2.45, 2.75) is 13.1 Å². The van der Waals surface area contributed by atoms with E-state index in [4.69, 9.17) is 9.47 Å². The molecule has 5 nitrogen and oxygen atoms in total. The monoisotopic (exact) mass is 459 g/mol. The molecule has 0 aromatic heterocycles. The molecule has 7 heteroatoms. The zero-order chi connectivity index (χ0) is 17.4. The van der Waals surface area contributed by atoms with Crippen molar-refractivity contribution < 1.29 is 13.9 Å². The second-order valence-corrected chi connectivity index (χ2v) is 5.02. The van der Waals surface area contributed by atoms with Gasteiger partial charge in [-0.25, -0.2) is 4.39 Å². The number of halogens is 2. The Morgan fingerprint density at radius 1 is 0.960 bits per heavy atom.